The van der Waals surface area contributed by atoms with Gasteiger partial charge >= 0.3 is 0 Å². The molecule has 0 bridgehead atoms. The van der Waals surface area contributed by atoms with E-state index in [2.05, 4.69) is 16.7 Å². The first-order valence-electron chi connectivity index (χ1n) is 8.76. The molecule has 2 aliphatic heterocycles. The van der Waals surface area contributed by atoms with Gasteiger partial charge in [-0.15, -0.1) is 0 Å². The molecular weight excluding hydrogens is 328 g/mol. The predicted molar refractivity (Wildman–Crippen MR) is 99.9 cm³/mol. The van der Waals surface area contributed by atoms with Gasteiger partial charge in [0.15, 0.2) is 0 Å². The molecule has 2 N–H and O–H groups in total. The molecule has 0 aliphatic carbocycles. The van der Waals surface area contributed by atoms with Crippen LogP contribution < -0.4 is 15.4 Å². The van der Waals surface area contributed by atoms with E-state index in [4.69, 9.17) is 4.74 Å². The Morgan fingerprint density at radius 3 is 2.92 bits per heavy atom. The quantitative estimate of drug-likeness (QED) is 0.895. The van der Waals surface area contributed by atoms with Crippen molar-refractivity contribution in [2.24, 2.45) is 0 Å². The summed E-state index contributed by atoms with van der Waals surface area (Å²) in [4.78, 5) is 24.1. The summed E-state index contributed by atoms with van der Waals surface area (Å²) in [5.74, 6) is 0.725. The largest absolute Gasteiger partial charge is 0.488 e. The Morgan fingerprint density at radius 2 is 2.04 bits per heavy atom. The summed E-state index contributed by atoms with van der Waals surface area (Å²) >= 11 is 0. The fraction of sp³-hybridized carbons (Fsp3) is 0.238. The highest BCUT2D eigenvalue weighted by Gasteiger charge is 2.20. The summed E-state index contributed by atoms with van der Waals surface area (Å²) in [6.07, 6.45) is 3.11. The molecule has 2 aliphatic rings. The van der Waals surface area contributed by atoms with Crippen molar-refractivity contribution in [3.63, 3.8) is 0 Å². The summed E-state index contributed by atoms with van der Waals surface area (Å²) in [6.45, 7) is 2.23. The number of aryl methyl sites for hydroxylation is 1. The first-order chi connectivity index (χ1) is 12.6. The van der Waals surface area contributed by atoms with Crippen molar-refractivity contribution in [1.82, 2.24) is 5.32 Å². The number of hydrogen-bond acceptors (Lipinski definition) is 3. The lowest BCUT2D eigenvalue weighted by Crippen LogP contribution is -2.31. The monoisotopic (exact) mass is 348 g/mol. The van der Waals surface area contributed by atoms with Crippen LogP contribution in [0.4, 0.5) is 5.69 Å². The number of fused-ring (bicyclic) bond motifs is 2. The summed E-state index contributed by atoms with van der Waals surface area (Å²) in [5, 5.41) is 5.91. The van der Waals surface area contributed by atoms with Gasteiger partial charge in [0.2, 0.25) is 5.91 Å². The molecule has 2 amide bonds. The zero-order chi connectivity index (χ0) is 18.1. The van der Waals surface area contributed by atoms with Crippen LogP contribution >= 0.6 is 0 Å². The van der Waals surface area contributed by atoms with E-state index in [1.165, 1.54) is 0 Å². The molecule has 5 heteroatoms. The second-order valence-electron chi connectivity index (χ2n) is 6.66. The van der Waals surface area contributed by atoms with Crippen LogP contribution in [-0.4, -0.2) is 18.4 Å². The van der Waals surface area contributed by atoms with Gasteiger partial charge in [-0.1, -0.05) is 30.3 Å². The van der Waals surface area contributed by atoms with E-state index in [1.807, 2.05) is 49.4 Å². The van der Waals surface area contributed by atoms with Crippen LogP contribution in [0.25, 0.3) is 6.08 Å². The molecule has 1 atom stereocenters. The van der Waals surface area contributed by atoms with Crippen molar-refractivity contribution in [3.05, 3.63) is 64.7 Å². The molecule has 0 radical (unpaired) electrons. The smallest absolute Gasteiger partial charge is 0.251 e. The van der Waals surface area contributed by atoms with Crippen molar-refractivity contribution < 1.29 is 14.3 Å². The number of para-hydroxylation sites is 1. The predicted octanol–water partition coefficient (Wildman–Crippen LogP) is 3.22. The Hall–Kier alpha value is -3.08. The summed E-state index contributed by atoms with van der Waals surface area (Å²) in [5.41, 5.74) is 4.52. The SMILES string of the molecule is C[C@H](NC(=O)C1=Cc2ccccc2OC1)c1ccc2c(c1)CCC(=O)N2. The van der Waals surface area contributed by atoms with E-state index in [0.717, 1.165) is 34.5 Å². The highest BCUT2D eigenvalue weighted by molar-refractivity contribution is 5.99. The van der Waals surface area contributed by atoms with Gasteiger partial charge in [-0.25, -0.2) is 0 Å². The number of rotatable bonds is 3. The van der Waals surface area contributed by atoms with Crippen LogP contribution in [0, 0.1) is 0 Å². The minimum atomic E-state index is -0.136. The molecule has 5 nitrogen and oxygen atoms in total. The summed E-state index contributed by atoms with van der Waals surface area (Å²) in [7, 11) is 0. The first kappa shape index (κ1) is 16.4. The van der Waals surface area contributed by atoms with Crippen LogP contribution in [0.5, 0.6) is 5.75 Å². The van der Waals surface area contributed by atoms with Gasteiger partial charge in [0.25, 0.3) is 5.91 Å². The highest BCUT2D eigenvalue weighted by atomic mass is 16.5. The number of ether oxygens (including phenoxy) is 1. The number of anilines is 1. The summed E-state index contributed by atoms with van der Waals surface area (Å²) < 4.78 is 5.66. The van der Waals surface area contributed by atoms with Gasteiger partial charge in [0, 0.05) is 17.7 Å². The van der Waals surface area contributed by atoms with Crippen molar-refractivity contribution in [3.8, 4) is 5.75 Å². The normalized spacial score (nSPS) is 16.3. The summed E-state index contributed by atoms with van der Waals surface area (Å²) in [6, 6.07) is 13.4. The minimum absolute atomic E-state index is 0.0520. The number of carbonyl (C=O) groups is 2. The van der Waals surface area contributed by atoms with Crippen LogP contribution in [0.3, 0.4) is 0 Å². The molecule has 132 valence electrons. The van der Waals surface area contributed by atoms with E-state index < -0.39 is 0 Å². The standard InChI is InChI=1S/C21H20N2O3/c1-13(14-6-8-18-15(10-14)7-9-20(24)23-18)22-21(25)17-11-16-4-2-3-5-19(16)26-12-17/h2-6,8,10-11,13H,7,9,12H2,1H3,(H,22,25)(H,23,24)/t13-/m0/s1. The molecule has 0 saturated heterocycles. The molecule has 0 unspecified atom stereocenters. The molecular formula is C21H20N2O3. The van der Waals surface area contributed by atoms with E-state index in [-0.39, 0.29) is 24.5 Å². The molecule has 2 aromatic carbocycles. The molecule has 2 aromatic rings. The van der Waals surface area contributed by atoms with Crippen molar-refractivity contribution >= 4 is 23.6 Å². The Balaban J connectivity index is 1.48. The third kappa shape index (κ3) is 3.20. The third-order valence-corrected chi connectivity index (χ3v) is 4.80. The molecule has 26 heavy (non-hydrogen) atoms. The number of hydrogen-bond donors (Lipinski definition) is 2. The molecule has 0 fully saturated rings. The fourth-order valence-electron chi connectivity index (χ4n) is 3.29. The van der Waals surface area contributed by atoms with E-state index in [1.54, 1.807) is 0 Å². The van der Waals surface area contributed by atoms with Gasteiger partial charge in [-0.3, -0.25) is 9.59 Å². The van der Waals surface area contributed by atoms with Crippen LogP contribution in [0.1, 0.15) is 36.1 Å². The van der Waals surface area contributed by atoms with Gasteiger partial charge in [-0.05, 0) is 42.7 Å². The lowest BCUT2D eigenvalue weighted by Gasteiger charge is -2.22. The van der Waals surface area contributed by atoms with Crippen LogP contribution in [-0.2, 0) is 16.0 Å². The van der Waals surface area contributed by atoms with Crippen molar-refractivity contribution in [1.29, 1.82) is 0 Å². The van der Waals surface area contributed by atoms with E-state index >= 15 is 0 Å². The maximum Gasteiger partial charge on any atom is 0.251 e. The maximum absolute atomic E-state index is 12.6. The van der Waals surface area contributed by atoms with Gasteiger partial charge < -0.3 is 15.4 Å². The van der Waals surface area contributed by atoms with Gasteiger partial charge in [0.05, 0.1) is 11.6 Å². The average Bonchev–Trinajstić information content (AvgIpc) is 2.67. The second kappa shape index (κ2) is 6.67. The van der Waals surface area contributed by atoms with Crippen LogP contribution in [0.2, 0.25) is 0 Å². The fourth-order valence-corrected chi connectivity index (χ4v) is 3.29. The topological polar surface area (TPSA) is 67.4 Å². The lowest BCUT2D eigenvalue weighted by molar-refractivity contribution is -0.118. The number of amides is 2. The Kier molecular flexibility index (Phi) is 4.21. The lowest BCUT2D eigenvalue weighted by atomic mass is 9.97. The second-order valence-corrected chi connectivity index (χ2v) is 6.66. The van der Waals surface area contributed by atoms with Crippen molar-refractivity contribution in [2.75, 3.05) is 11.9 Å². The number of carbonyl (C=O) groups excluding carboxylic acids is 2. The zero-order valence-corrected chi connectivity index (χ0v) is 14.5. The zero-order valence-electron chi connectivity index (χ0n) is 14.5. The Morgan fingerprint density at radius 1 is 1.19 bits per heavy atom. The maximum atomic E-state index is 12.6. The average molecular weight is 348 g/mol. The van der Waals surface area contributed by atoms with Gasteiger partial charge in [-0.2, -0.15) is 0 Å². The molecule has 4 rings (SSSR count). The molecule has 0 aromatic heterocycles. The molecule has 0 spiro atoms. The van der Waals surface area contributed by atoms with Crippen LogP contribution in [0.15, 0.2) is 48.0 Å². The Bertz CT molecular complexity index is 917. The minimum Gasteiger partial charge on any atom is -0.488 e. The third-order valence-electron chi connectivity index (χ3n) is 4.80. The number of nitrogens with one attached hydrogen (secondary N) is 2. The Labute approximate surface area is 152 Å². The van der Waals surface area contributed by atoms with Gasteiger partial charge in [0.1, 0.15) is 12.4 Å². The van der Waals surface area contributed by atoms with Crippen molar-refractivity contribution in [2.45, 2.75) is 25.8 Å². The van der Waals surface area contributed by atoms with E-state index in [0.29, 0.717) is 12.0 Å². The number of benzene rings is 2. The van der Waals surface area contributed by atoms with E-state index in [9.17, 15) is 9.59 Å². The highest BCUT2D eigenvalue weighted by Crippen LogP contribution is 2.28. The molecule has 2 heterocycles. The first-order valence-corrected chi connectivity index (χ1v) is 8.76. The molecule has 0 saturated carbocycles.